The van der Waals surface area contributed by atoms with Crippen molar-refractivity contribution in [3.63, 3.8) is 0 Å². The van der Waals surface area contributed by atoms with Crippen LogP contribution in [0.3, 0.4) is 0 Å². The number of carbonyl (C=O) groups is 3. The highest BCUT2D eigenvalue weighted by Gasteiger charge is 2.39. The van der Waals surface area contributed by atoms with E-state index in [0.717, 1.165) is 0 Å². The van der Waals surface area contributed by atoms with Gasteiger partial charge < -0.3 is 10.1 Å². The summed E-state index contributed by atoms with van der Waals surface area (Å²) in [6.45, 7) is 0. The summed E-state index contributed by atoms with van der Waals surface area (Å²) in [6, 6.07) is -0.847. The highest BCUT2D eigenvalue weighted by atomic mass is 32.2. The minimum Gasteiger partial charge on any atom is -0.468 e. The Balaban J connectivity index is 1.90. The van der Waals surface area contributed by atoms with E-state index in [-0.39, 0.29) is 17.7 Å². The zero-order valence-electron chi connectivity index (χ0n) is 9.39. The Morgan fingerprint density at radius 2 is 2.18 bits per heavy atom. The molecule has 2 heterocycles. The van der Waals surface area contributed by atoms with Crippen LogP contribution in [-0.4, -0.2) is 48.0 Å². The molecule has 2 unspecified atom stereocenters. The third-order valence-electron chi connectivity index (χ3n) is 2.86. The van der Waals surface area contributed by atoms with Gasteiger partial charge in [0.1, 0.15) is 11.4 Å². The van der Waals surface area contributed by atoms with Gasteiger partial charge in [0.2, 0.25) is 5.91 Å². The SMILES string of the molecule is COC(=O)C1CSC(C(=O)[C@@H]2CCC(=O)N2)N1. The molecule has 2 N–H and O–H groups in total. The third kappa shape index (κ3) is 2.61. The highest BCUT2D eigenvalue weighted by Crippen LogP contribution is 2.23. The van der Waals surface area contributed by atoms with Crippen molar-refractivity contribution in [3.8, 4) is 0 Å². The maximum atomic E-state index is 12.0. The minimum absolute atomic E-state index is 0.0627. The first-order valence-electron chi connectivity index (χ1n) is 5.40. The first-order chi connectivity index (χ1) is 8.11. The minimum atomic E-state index is -0.434. The van der Waals surface area contributed by atoms with Gasteiger partial charge >= 0.3 is 5.97 Å². The standard InChI is InChI=1S/C10H14N2O4S/c1-16-10(15)6-4-17-9(12-6)8(14)5-2-3-7(13)11-5/h5-6,9,12H,2-4H2,1H3,(H,11,13)/t5-,6?,9?/m0/s1. The van der Waals surface area contributed by atoms with Crippen molar-refractivity contribution in [1.29, 1.82) is 0 Å². The second kappa shape index (κ2) is 5.05. The Kier molecular flexibility index (Phi) is 3.68. The molecule has 2 aliphatic heterocycles. The van der Waals surface area contributed by atoms with Gasteiger partial charge in [-0.15, -0.1) is 11.8 Å². The normalized spacial score (nSPS) is 32.3. The molecule has 0 aliphatic carbocycles. The van der Waals surface area contributed by atoms with Crippen LogP contribution in [0.1, 0.15) is 12.8 Å². The van der Waals surface area contributed by atoms with Gasteiger partial charge in [0.25, 0.3) is 0 Å². The highest BCUT2D eigenvalue weighted by molar-refractivity contribution is 8.00. The smallest absolute Gasteiger partial charge is 0.323 e. The molecule has 3 atom stereocenters. The summed E-state index contributed by atoms with van der Waals surface area (Å²) >= 11 is 1.38. The van der Waals surface area contributed by atoms with Gasteiger partial charge in [0.05, 0.1) is 13.2 Å². The average Bonchev–Trinajstić information content (AvgIpc) is 2.95. The lowest BCUT2D eigenvalue weighted by Crippen LogP contribution is -2.46. The lowest BCUT2D eigenvalue weighted by atomic mass is 10.1. The Morgan fingerprint density at radius 1 is 1.41 bits per heavy atom. The molecule has 94 valence electrons. The Morgan fingerprint density at radius 3 is 2.76 bits per heavy atom. The van der Waals surface area contributed by atoms with Crippen LogP contribution in [0.5, 0.6) is 0 Å². The van der Waals surface area contributed by atoms with E-state index in [0.29, 0.717) is 18.6 Å². The van der Waals surface area contributed by atoms with Crippen LogP contribution in [0.25, 0.3) is 0 Å². The molecule has 0 bridgehead atoms. The van der Waals surface area contributed by atoms with Crippen LogP contribution >= 0.6 is 11.8 Å². The van der Waals surface area contributed by atoms with Crippen LogP contribution in [0.2, 0.25) is 0 Å². The largest absolute Gasteiger partial charge is 0.468 e. The summed E-state index contributed by atoms with van der Waals surface area (Å²) < 4.78 is 4.61. The summed E-state index contributed by atoms with van der Waals surface area (Å²) in [4.78, 5) is 34.3. The number of hydrogen-bond donors (Lipinski definition) is 2. The van der Waals surface area contributed by atoms with Crippen molar-refractivity contribution in [2.45, 2.75) is 30.3 Å². The predicted molar refractivity (Wildman–Crippen MR) is 61.4 cm³/mol. The first-order valence-corrected chi connectivity index (χ1v) is 6.45. The number of thioether (sulfide) groups is 1. The molecule has 0 aromatic heterocycles. The van der Waals surface area contributed by atoms with Crippen molar-refractivity contribution in [1.82, 2.24) is 10.6 Å². The fourth-order valence-electron chi connectivity index (χ4n) is 1.92. The summed E-state index contributed by atoms with van der Waals surface area (Å²) in [5.41, 5.74) is 0. The van der Waals surface area contributed by atoms with Crippen molar-refractivity contribution >= 4 is 29.4 Å². The van der Waals surface area contributed by atoms with Crippen molar-refractivity contribution in [3.05, 3.63) is 0 Å². The van der Waals surface area contributed by atoms with E-state index in [1.165, 1.54) is 18.9 Å². The Bertz CT molecular complexity index is 360. The van der Waals surface area contributed by atoms with Crippen molar-refractivity contribution < 1.29 is 19.1 Å². The molecule has 7 heteroatoms. The molecule has 17 heavy (non-hydrogen) atoms. The Labute approximate surface area is 103 Å². The zero-order valence-corrected chi connectivity index (χ0v) is 10.2. The average molecular weight is 258 g/mol. The molecule has 0 aromatic rings. The van der Waals surface area contributed by atoms with Crippen molar-refractivity contribution in [2.75, 3.05) is 12.9 Å². The number of ketones is 1. The fourth-order valence-corrected chi connectivity index (χ4v) is 3.13. The molecule has 0 spiro atoms. The van der Waals surface area contributed by atoms with Gasteiger partial charge in [-0.05, 0) is 6.42 Å². The molecule has 2 rings (SSSR count). The molecule has 6 nitrogen and oxygen atoms in total. The van der Waals surface area contributed by atoms with E-state index in [4.69, 9.17) is 0 Å². The van der Waals surface area contributed by atoms with E-state index < -0.39 is 17.5 Å². The number of hydrogen-bond acceptors (Lipinski definition) is 6. The second-order valence-corrected chi connectivity index (χ2v) is 5.16. The third-order valence-corrected chi connectivity index (χ3v) is 4.09. The summed E-state index contributed by atoms with van der Waals surface area (Å²) in [5.74, 6) is 0.00962. The molecule has 0 aromatic carbocycles. The van der Waals surface area contributed by atoms with Gasteiger partial charge in [0.15, 0.2) is 5.78 Å². The van der Waals surface area contributed by atoms with Gasteiger partial charge in [-0.3, -0.25) is 19.7 Å². The van der Waals surface area contributed by atoms with E-state index in [2.05, 4.69) is 15.4 Å². The van der Waals surface area contributed by atoms with Crippen LogP contribution in [0.4, 0.5) is 0 Å². The monoisotopic (exact) mass is 258 g/mol. The predicted octanol–water partition coefficient (Wildman–Crippen LogP) is -0.962. The van der Waals surface area contributed by atoms with Crippen molar-refractivity contribution in [2.24, 2.45) is 0 Å². The van der Waals surface area contributed by atoms with Gasteiger partial charge in [-0.25, -0.2) is 0 Å². The molecule has 2 saturated heterocycles. The van der Waals surface area contributed by atoms with Crippen LogP contribution < -0.4 is 10.6 Å². The summed E-state index contributed by atoms with van der Waals surface area (Å²) in [6.07, 6.45) is 0.938. The quantitative estimate of drug-likeness (QED) is 0.634. The van der Waals surface area contributed by atoms with Crippen LogP contribution in [0, 0.1) is 0 Å². The number of rotatable bonds is 3. The van der Waals surface area contributed by atoms with Crippen LogP contribution in [-0.2, 0) is 19.1 Å². The molecule has 2 aliphatic rings. The number of methoxy groups -OCH3 is 1. The topological polar surface area (TPSA) is 84.5 Å². The molecule has 2 fully saturated rings. The maximum Gasteiger partial charge on any atom is 0.323 e. The van der Waals surface area contributed by atoms with Gasteiger partial charge in [-0.1, -0.05) is 0 Å². The lowest BCUT2D eigenvalue weighted by molar-refractivity contribution is -0.142. The van der Waals surface area contributed by atoms with E-state index >= 15 is 0 Å². The van der Waals surface area contributed by atoms with Gasteiger partial charge in [-0.2, -0.15) is 0 Å². The van der Waals surface area contributed by atoms with E-state index in [1.54, 1.807) is 0 Å². The second-order valence-electron chi connectivity index (χ2n) is 4.02. The zero-order chi connectivity index (χ0) is 12.4. The molecular formula is C10H14N2O4S. The molecular weight excluding hydrogens is 244 g/mol. The molecule has 0 radical (unpaired) electrons. The number of Topliss-reactive ketones (excluding diaryl/α,β-unsaturated/α-hetero) is 1. The first kappa shape index (κ1) is 12.4. The van der Waals surface area contributed by atoms with Crippen LogP contribution in [0.15, 0.2) is 0 Å². The lowest BCUT2D eigenvalue weighted by Gasteiger charge is -2.15. The summed E-state index contributed by atoms with van der Waals surface area (Å²) in [5, 5.41) is 5.12. The fraction of sp³-hybridized carbons (Fsp3) is 0.700. The van der Waals surface area contributed by atoms with E-state index in [9.17, 15) is 14.4 Å². The number of ether oxygens (including phenoxy) is 1. The number of nitrogens with one attached hydrogen (secondary N) is 2. The molecule has 0 saturated carbocycles. The number of esters is 1. The molecule has 1 amide bonds. The van der Waals surface area contributed by atoms with Gasteiger partial charge in [0, 0.05) is 12.2 Å². The summed E-state index contributed by atoms with van der Waals surface area (Å²) in [7, 11) is 1.32. The van der Waals surface area contributed by atoms with E-state index in [1.807, 2.05) is 0 Å². The Hall–Kier alpha value is -1.08. The number of amides is 1. The number of carbonyl (C=O) groups excluding carboxylic acids is 3. The maximum absolute atomic E-state index is 12.0.